The van der Waals surface area contributed by atoms with Gasteiger partial charge < -0.3 is 15.0 Å². The Hall–Kier alpha value is -1.93. The average molecular weight is 332 g/mol. The van der Waals surface area contributed by atoms with Gasteiger partial charge in [-0.2, -0.15) is 5.10 Å². The van der Waals surface area contributed by atoms with Crippen molar-refractivity contribution < 1.29 is 13.7 Å². The minimum atomic E-state index is -0.572. The molecule has 3 heterocycles. The van der Waals surface area contributed by atoms with Gasteiger partial charge >= 0.3 is 7.12 Å². The molecule has 0 aliphatic carbocycles. The summed E-state index contributed by atoms with van der Waals surface area (Å²) in [5, 5.41) is 4.50. The topological polar surface area (TPSA) is 75.2 Å². The predicted octanol–water partition coefficient (Wildman–Crippen LogP) is 1.90. The molecule has 0 atom stereocenters. The van der Waals surface area contributed by atoms with E-state index in [1.807, 2.05) is 41.5 Å². The van der Waals surface area contributed by atoms with E-state index in [-0.39, 0.29) is 5.82 Å². The quantitative estimate of drug-likeness (QED) is 0.850. The molecule has 1 aliphatic heterocycles. The maximum absolute atomic E-state index is 13.7. The molecule has 24 heavy (non-hydrogen) atoms. The van der Waals surface area contributed by atoms with Gasteiger partial charge in [0.2, 0.25) is 0 Å². The number of aromatic nitrogens is 3. The number of pyridine rings is 1. The third-order valence-corrected chi connectivity index (χ3v) is 4.94. The van der Waals surface area contributed by atoms with Crippen molar-refractivity contribution >= 4 is 18.4 Å². The molecule has 6 nitrogen and oxygen atoms in total. The Morgan fingerprint density at radius 2 is 1.75 bits per heavy atom. The second kappa shape index (κ2) is 5.29. The second-order valence-electron chi connectivity index (χ2n) is 7.15. The first-order valence-corrected chi connectivity index (χ1v) is 7.86. The predicted molar refractivity (Wildman–Crippen MR) is 90.9 cm³/mol. The van der Waals surface area contributed by atoms with E-state index in [1.165, 1.54) is 12.3 Å². The summed E-state index contributed by atoms with van der Waals surface area (Å²) in [5.41, 5.74) is 7.51. The number of hydrogen-bond donors (Lipinski definition) is 1. The molecule has 8 heteroatoms. The molecular formula is C16H22BFN4O2. The number of aryl methyl sites for hydroxylation is 1. The molecule has 0 unspecified atom stereocenters. The molecule has 0 radical (unpaired) electrons. The van der Waals surface area contributed by atoms with Crippen molar-refractivity contribution in [2.45, 2.75) is 52.7 Å². The van der Waals surface area contributed by atoms with Gasteiger partial charge in [-0.25, -0.2) is 14.1 Å². The Kier molecular flexibility index (Phi) is 3.73. The normalized spacial score (nSPS) is 19.0. The molecule has 0 spiro atoms. The first-order chi connectivity index (χ1) is 11.0. The monoisotopic (exact) mass is 332 g/mol. The van der Waals surface area contributed by atoms with E-state index in [9.17, 15) is 4.39 Å². The van der Waals surface area contributed by atoms with Gasteiger partial charge in [0.25, 0.3) is 0 Å². The summed E-state index contributed by atoms with van der Waals surface area (Å²) >= 11 is 0. The number of nitrogens with two attached hydrogens (primary N) is 1. The summed E-state index contributed by atoms with van der Waals surface area (Å²) in [6.07, 6.45) is 1.49. The highest BCUT2D eigenvalue weighted by molar-refractivity contribution is 6.63. The van der Waals surface area contributed by atoms with Gasteiger partial charge in [-0.05, 0) is 41.5 Å². The van der Waals surface area contributed by atoms with Crippen molar-refractivity contribution in [2.75, 3.05) is 5.73 Å². The van der Waals surface area contributed by atoms with E-state index in [1.54, 1.807) is 4.68 Å². The zero-order chi connectivity index (χ0) is 17.9. The fourth-order valence-electron chi connectivity index (χ4n) is 2.76. The van der Waals surface area contributed by atoms with E-state index in [2.05, 4.69) is 10.1 Å². The summed E-state index contributed by atoms with van der Waals surface area (Å²) in [4.78, 5) is 3.86. The molecular weight excluding hydrogens is 310 g/mol. The van der Waals surface area contributed by atoms with Gasteiger partial charge in [-0.15, -0.1) is 0 Å². The number of hydrogen-bond acceptors (Lipinski definition) is 5. The van der Waals surface area contributed by atoms with Gasteiger partial charge in [0, 0.05) is 17.2 Å². The van der Waals surface area contributed by atoms with Crippen LogP contribution in [0.15, 0.2) is 12.3 Å². The Bertz CT molecular complexity index is 788. The van der Waals surface area contributed by atoms with Crippen molar-refractivity contribution in [2.24, 2.45) is 0 Å². The Balaban J connectivity index is 2.03. The van der Waals surface area contributed by atoms with Crippen molar-refractivity contribution in [3.8, 4) is 5.69 Å². The summed E-state index contributed by atoms with van der Waals surface area (Å²) in [5.74, 6) is -0.705. The molecule has 0 aromatic carbocycles. The van der Waals surface area contributed by atoms with Crippen LogP contribution >= 0.6 is 0 Å². The van der Waals surface area contributed by atoms with Gasteiger partial charge in [-0.3, -0.25) is 0 Å². The lowest BCUT2D eigenvalue weighted by Crippen LogP contribution is -2.41. The van der Waals surface area contributed by atoms with Gasteiger partial charge in [0.05, 0.1) is 28.8 Å². The van der Waals surface area contributed by atoms with E-state index in [4.69, 9.17) is 15.0 Å². The number of anilines is 1. The molecule has 1 aliphatic rings. The minimum Gasteiger partial charge on any atom is -0.399 e. The lowest BCUT2D eigenvalue weighted by Gasteiger charge is -2.32. The van der Waals surface area contributed by atoms with E-state index in [0.717, 1.165) is 16.9 Å². The Morgan fingerprint density at radius 1 is 1.17 bits per heavy atom. The van der Waals surface area contributed by atoms with E-state index in [0.29, 0.717) is 5.69 Å². The van der Waals surface area contributed by atoms with E-state index >= 15 is 0 Å². The smallest absolute Gasteiger partial charge is 0.399 e. The molecule has 3 rings (SSSR count). The van der Waals surface area contributed by atoms with Crippen LogP contribution in [-0.4, -0.2) is 33.1 Å². The Labute approximate surface area is 141 Å². The molecule has 2 aromatic heterocycles. The highest BCUT2D eigenvalue weighted by atomic mass is 19.1. The molecule has 0 saturated carbocycles. The van der Waals surface area contributed by atoms with Gasteiger partial charge in [0.1, 0.15) is 0 Å². The van der Waals surface area contributed by atoms with Crippen molar-refractivity contribution in [3.05, 3.63) is 29.5 Å². The third-order valence-electron chi connectivity index (χ3n) is 4.94. The maximum atomic E-state index is 13.7. The minimum absolute atomic E-state index is 0.133. The first-order valence-electron chi connectivity index (χ1n) is 7.86. The molecule has 0 amide bonds. The lowest BCUT2D eigenvalue weighted by atomic mass is 9.77. The highest BCUT2D eigenvalue weighted by Crippen LogP contribution is 2.37. The van der Waals surface area contributed by atoms with Crippen LogP contribution in [0.4, 0.5) is 10.2 Å². The highest BCUT2D eigenvalue weighted by Gasteiger charge is 2.53. The maximum Gasteiger partial charge on any atom is 0.498 e. The van der Waals surface area contributed by atoms with E-state index < -0.39 is 24.1 Å². The van der Waals surface area contributed by atoms with Crippen LogP contribution in [0.25, 0.3) is 5.69 Å². The zero-order valence-electron chi connectivity index (χ0n) is 14.8. The van der Waals surface area contributed by atoms with Crippen LogP contribution in [0.1, 0.15) is 39.1 Å². The van der Waals surface area contributed by atoms with Crippen molar-refractivity contribution in [1.82, 2.24) is 14.8 Å². The molecule has 1 saturated heterocycles. The van der Waals surface area contributed by atoms with Crippen molar-refractivity contribution in [1.29, 1.82) is 0 Å². The zero-order valence-corrected chi connectivity index (χ0v) is 14.8. The summed E-state index contributed by atoms with van der Waals surface area (Å²) in [7, 11) is -0.518. The van der Waals surface area contributed by atoms with Crippen LogP contribution in [0.5, 0.6) is 0 Å². The lowest BCUT2D eigenvalue weighted by molar-refractivity contribution is 0.00578. The summed E-state index contributed by atoms with van der Waals surface area (Å²) in [6.45, 7) is 11.8. The van der Waals surface area contributed by atoms with Crippen LogP contribution in [0, 0.1) is 19.7 Å². The number of halogens is 1. The molecule has 0 bridgehead atoms. The SMILES string of the molecule is Cc1nn(-c2cnc(N)c(F)c2)c(C)c1B1OC(C)(C)C(C)(C)O1. The molecule has 2 N–H and O–H groups in total. The van der Waals surface area contributed by atoms with Crippen LogP contribution in [-0.2, 0) is 9.31 Å². The molecule has 128 valence electrons. The summed E-state index contributed by atoms with van der Waals surface area (Å²) < 4.78 is 27.6. The second-order valence-corrected chi connectivity index (χ2v) is 7.15. The largest absolute Gasteiger partial charge is 0.498 e. The first kappa shape index (κ1) is 16.9. The van der Waals surface area contributed by atoms with Crippen LogP contribution in [0.2, 0.25) is 0 Å². The number of rotatable bonds is 2. The molecule has 2 aromatic rings. The summed E-state index contributed by atoms with van der Waals surface area (Å²) in [6, 6.07) is 1.32. The van der Waals surface area contributed by atoms with Crippen LogP contribution in [0.3, 0.4) is 0 Å². The fourth-order valence-corrected chi connectivity index (χ4v) is 2.76. The fraction of sp³-hybridized carbons (Fsp3) is 0.500. The number of nitrogen functional groups attached to an aromatic ring is 1. The van der Waals surface area contributed by atoms with Crippen LogP contribution < -0.4 is 11.2 Å². The average Bonchev–Trinajstić information content (AvgIpc) is 2.86. The van der Waals surface area contributed by atoms with Crippen molar-refractivity contribution in [3.63, 3.8) is 0 Å². The van der Waals surface area contributed by atoms with Gasteiger partial charge in [0.15, 0.2) is 11.6 Å². The Morgan fingerprint density at radius 3 is 2.29 bits per heavy atom. The molecule has 1 fully saturated rings. The third kappa shape index (κ3) is 2.50. The standard InChI is InChI=1S/C16H22BFN4O2/c1-9-13(17-23-15(3,4)16(5,6)24-17)10(2)22(21-9)11-7-12(18)14(19)20-8-11/h7-8H,1-6H3,(H2,19,20). The number of nitrogens with zero attached hydrogens (tertiary/aromatic N) is 3. The van der Waals surface area contributed by atoms with Gasteiger partial charge in [-0.1, -0.05) is 0 Å².